The van der Waals surface area contributed by atoms with Crippen LogP contribution in [0, 0.1) is 0 Å². The van der Waals surface area contributed by atoms with Crippen molar-refractivity contribution in [2.24, 2.45) is 0 Å². The van der Waals surface area contributed by atoms with Gasteiger partial charge in [-0.2, -0.15) is 0 Å². The molecule has 3 rings (SSSR count). The number of pyridine rings is 1. The van der Waals surface area contributed by atoms with Crippen LogP contribution in [0.5, 0.6) is 0 Å². The molecule has 2 amide bonds. The van der Waals surface area contributed by atoms with E-state index in [0.717, 1.165) is 16.5 Å². The van der Waals surface area contributed by atoms with Crippen molar-refractivity contribution in [3.8, 4) is 0 Å². The van der Waals surface area contributed by atoms with E-state index in [2.05, 4.69) is 15.6 Å². The number of carbonyl (C=O) groups excluding carboxylic acids is 3. The van der Waals surface area contributed by atoms with Crippen molar-refractivity contribution in [1.29, 1.82) is 0 Å². The average Bonchev–Trinajstić information content (AvgIpc) is 2.85. The summed E-state index contributed by atoms with van der Waals surface area (Å²) in [5, 5.41) is 16.1. The Bertz CT molecular complexity index is 1120. The van der Waals surface area contributed by atoms with Crippen LogP contribution in [-0.4, -0.2) is 53.9 Å². The van der Waals surface area contributed by atoms with Crippen LogP contribution in [0.4, 0.5) is 4.79 Å². The van der Waals surface area contributed by atoms with Crippen LogP contribution >= 0.6 is 0 Å². The number of ether oxygens (including phenoxy) is 2. The summed E-state index contributed by atoms with van der Waals surface area (Å²) in [4.78, 5) is 40.9. The van der Waals surface area contributed by atoms with E-state index >= 15 is 0 Å². The molecule has 2 aromatic carbocycles. The maximum absolute atomic E-state index is 12.4. The largest absolute Gasteiger partial charge is 0.467 e. The lowest BCUT2D eigenvalue weighted by Crippen LogP contribution is -2.45. The lowest BCUT2D eigenvalue weighted by molar-refractivity contribution is -0.145. The number of benzene rings is 2. The molecule has 3 N–H and O–H groups in total. The first-order chi connectivity index (χ1) is 16.4. The molecule has 0 saturated heterocycles. The average molecular weight is 466 g/mol. The van der Waals surface area contributed by atoms with Gasteiger partial charge in [-0.15, -0.1) is 0 Å². The van der Waals surface area contributed by atoms with Crippen molar-refractivity contribution < 1.29 is 29.0 Å². The van der Waals surface area contributed by atoms with Crippen LogP contribution in [0.15, 0.2) is 66.7 Å². The van der Waals surface area contributed by atoms with Gasteiger partial charge in [0.2, 0.25) is 5.91 Å². The zero-order chi connectivity index (χ0) is 24.3. The van der Waals surface area contributed by atoms with Gasteiger partial charge in [-0.3, -0.25) is 9.78 Å². The minimum atomic E-state index is -1.17. The Balaban J connectivity index is 1.47. The summed E-state index contributed by atoms with van der Waals surface area (Å²) in [5.74, 6) is -1.19. The van der Waals surface area contributed by atoms with Crippen LogP contribution < -0.4 is 10.6 Å². The number of esters is 1. The normalized spacial score (nSPS) is 12.4. The smallest absolute Gasteiger partial charge is 0.407 e. The third-order valence-corrected chi connectivity index (χ3v) is 5.01. The first-order valence-electron chi connectivity index (χ1n) is 10.8. The summed E-state index contributed by atoms with van der Waals surface area (Å²) in [7, 11) is 1.23. The number of rotatable bonds is 10. The fourth-order valence-electron chi connectivity index (χ4n) is 3.28. The van der Waals surface area contributed by atoms with Crippen molar-refractivity contribution in [3.05, 3.63) is 78.0 Å². The highest BCUT2D eigenvalue weighted by Crippen LogP contribution is 2.13. The molecule has 0 saturated carbocycles. The Morgan fingerprint density at radius 2 is 1.74 bits per heavy atom. The number of nitrogens with one attached hydrogen (secondary N) is 2. The van der Waals surface area contributed by atoms with Crippen molar-refractivity contribution >= 4 is 28.9 Å². The molecule has 0 aliphatic rings. The van der Waals surface area contributed by atoms with Crippen molar-refractivity contribution in [3.63, 3.8) is 0 Å². The van der Waals surface area contributed by atoms with Gasteiger partial charge in [0.1, 0.15) is 12.6 Å². The van der Waals surface area contributed by atoms with Gasteiger partial charge in [0.25, 0.3) is 0 Å². The molecule has 1 aromatic heterocycles. The number of aliphatic hydroxyl groups excluding tert-OH is 1. The molecule has 0 aliphatic heterocycles. The summed E-state index contributed by atoms with van der Waals surface area (Å²) in [6.07, 6.45) is -2.07. The number of fused-ring (bicyclic) bond motifs is 1. The highest BCUT2D eigenvalue weighted by atomic mass is 16.5. The number of nitrogens with zero attached hydrogens (tertiary/aromatic N) is 1. The molecule has 1 heterocycles. The Morgan fingerprint density at radius 3 is 2.50 bits per heavy atom. The van der Waals surface area contributed by atoms with E-state index in [0.29, 0.717) is 5.69 Å². The van der Waals surface area contributed by atoms with Crippen LogP contribution in [-0.2, 0) is 32.1 Å². The van der Waals surface area contributed by atoms with Crippen molar-refractivity contribution in [2.75, 3.05) is 13.7 Å². The molecule has 0 spiro atoms. The third-order valence-electron chi connectivity index (χ3n) is 5.01. The number of carbonyl (C=O) groups is 3. The van der Waals surface area contributed by atoms with E-state index in [-0.39, 0.29) is 26.0 Å². The molecule has 0 unspecified atom stereocenters. The predicted octanol–water partition coefficient (Wildman–Crippen LogP) is 2.11. The van der Waals surface area contributed by atoms with E-state index in [1.165, 1.54) is 7.11 Å². The zero-order valence-electron chi connectivity index (χ0n) is 18.8. The number of methoxy groups -OCH3 is 1. The Labute approximate surface area is 197 Å². The second-order valence-electron chi connectivity index (χ2n) is 7.64. The molecular weight excluding hydrogens is 438 g/mol. The minimum absolute atomic E-state index is 0.0902. The van der Waals surface area contributed by atoms with E-state index in [4.69, 9.17) is 9.47 Å². The number of alkyl carbamates (subject to hydrolysis) is 1. The van der Waals surface area contributed by atoms with Crippen molar-refractivity contribution in [1.82, 2.24) is 15.6 Å². The standard InChI is InChI=1S/C25H27N3O6/c1-33-24(31)22(13-19-12-11-18-9-5-6-10-21(18)27-19)28-23(30)14-20(29)15-26-25(32)34-16-17-7-3-2-4-8-17/h2-12,20,22,29H,13-16H2,1H3,(H,26,32)(H,28,30)/t20-,22-/m0/s1. The molecule has 0 aliphatic carbocycles. The lowest BCUT2D eigenvalue weighted by atomic mass is 10.1. The Kier molecular flexibility index (Phi) is 8.93. The maximum Gasteiger partial charge on any atom is 0.407 e. The number of hydrogen-bond donors (Lipinski definition) is 3. The first kappa shape index (κ1) is 24.7. The van der Waals surface area contributed by atoms with Crippen LogP contribution in [0.2, 0.25) is 0 Å². The van der Waals surface area contributed by atoms with E-state index in [9.17, 15) is 19.5 Å². The molecule has 2 atom stereocenters. The predicted molar refractivity (Wildman–Crippen MR) is 125 cm³/mol. The Morgan fingerprint density at radius 1 is 1.00 bits per heavy atom. The highest BCUT2D eigenvalue weighted by Gasteiger charge is 2.24. The Hall–Kier alpha value is -3.98. The fraction of sp³-hybridized carbons (Fsp3) is 0.280. The molecule has 34 heavy (non-hydrogen) atoms. The topological polar surface area (TPSA) is 127 Å². The number of para-hydroxylation sites is 1. The SMILES string of the molecule is COC(=O)[C@H](Cc1ccc2ccccc2n1)NC(=O)C[C@H](O)CNC(=O)OCc1ccccc1. The molecule has 0 bridgehead atoms. The fourth-order valence-corrected chi connectivity index (χ4v) is 3.28. The van der Waals surface area contributed by atoms with E-state index < -0.39 is 30.1 Å². The first-order valence-corrected chi connectivity index (χ1v) is 10.8. The molecule has 0 fully saturated rings. The number of aromatic nitrogens is 1. The highest BCUT2D eigenvalue weighted by molar-refractivity contribution is 5.85. The summed E-state index contributed by atoms with van der Waals surface area (Å²) in [6.45, 7) is -0.0942. The second kappa shape index (κ2) is 12.3. The summed E-state index contributed by atoms with van der Waals surface area (Å²) < 4.78 is 9.86. The van der Waals surface area contributed by atoms with Crippen molar-refractivity contribution in [2.45, 2.75) is 31.6 Å². The summed E-state index contributed by atoms with van der Waals surface area (Å²) in [5.41, 5.74) is 2.21. The quantitative estimate of drug-likeness (QED) is 0.392. The number of hydrogen-bond acceptors (Lipinski definition) is 7. The van der Waals surface area contributed by atoms with Gasteiger partial charge in [0.05, 0.1) is 25.2 Å². The summed E-state index contributed by atoms with van der Waals surface area (Å²) >= 11 is 0. The molecule has 178 valence electrons. The number of amides is 2. The van der Waals surface area contributed by atoms with Gasteiger partial charge in [-0.25, -0.2) is 9.59 Å². The van der Waals surface area contributed by atoms with Gasteiger partial charge in [-0.05, 0) is 17.7 Å². The van der Waals surface area contributed by atoms with E-state index in [1.54, 1.807) is 6.07 Å². The van der Waals surface area contributed by atoms with E-state index in [1.807, 2.05) is 60.7 Å². The van der Waals surface area contributed by atoms with Gasteiger partial charge in [-0.1, -0.05) is 54.6 Å². The monoisotopic (exact) mass is 465 g/mol. The van der Waals surface area contributed by atoms with Crippen LogP contribution in [0.1, 0.15) is 17.7 Å². The van der Waals surface area contributed by atoms with Crippen LogP contribution in [0.3, 0.4) is 0 Å². The third kappa shape index (κ3) is 7.56. The zero-order valence-corrected chi connectivity index (χ0v) is 18.8. The molecule has 9 nitrogen and oxygen atoms in total. The molecule has 3 aromatic rings. The summed E-state index contributed by atoms with van der Waals surface area (Å²) in [6, 6.07) is 19.4. The van der Waals surface area contributed by atoms with Gasteiger partial charge < -0.3 is 25.2 Å². The van der Waals surface area contributed by atoms with Gasteiger partial charge in [0, 0.05) is 24.0 Å². The number of aliphatic hydroxyl groups is 1. The van der Waals surface area contributed by atoms with Gasteiger partial charge in [0.15, 0.2) is 0 Å². The van der Waals surface area contributed by atoms with Gasteiger partial charge >= 0.3 is 12.1 Å². The van der Waals surface area contributed by atoms with Crippen LogP contribution in [0.25, 0.3) is 10.9 Å². The second-order valence-corrected chi connectivity index (χ2v) is 7.64. The minimum Gasteiger partial charge on any atom is -0.467 e. The molecule has 0 radical (unpaired) electrons. The maximum atomic E-state index is 12.4. The molecule has 9 heteroatoms. The molecular formula is C25H27N3O6. The lowest BCUT2D eigenvalue weighted by Gasteiger charge is -2.18.